The topological polar surface area (TPSA) is 15.3 Å². The van der Waals surface area contributed by atoms with Crippen LogP contribution in [-0.2, 0) is 6.42 Å². The number of likely N-dealkylation sites (N-methyl/N-ethyl adjacent to an activating group) is 1. The molecule has 1 unspecified atom stereocenters. The molecule has 2 rings (SSSR count). The van der Waals surface area contributed by atoms with Crippen LogP contribution in [0.5, 0.6) is 0 Å². The molecular formula is C17H28N2. The highest BCUT2D eigenvalue weighted by Gasteiger charge is 2.29. The maximum Gasteiger partial charge on any atom is 0.0140 e. The summed E-state index contributed by atoms with van der Waals surface area (Å²) in [5.41, 5.74) is 3.09. The van der Waals surface area contributed by atoms with E-state index in [9.17, 15) is 0 Å². The van der Waals surface area contributed by atoms with Crippen LogP contribution >= 0.6 is 0 Å². The summed E-state index contributed by atoms with van der Waals surface area (Å²) in [4.78, 5) is 2.54. The zero-order valence-corrected chi connectivity index (χ0v) is 12.9. The van der Waals surface area contributed by atoms with E-state index in [1.165, 1.54) is 24.0 Å². The lowest BCUT2D eigenvalue weighted by atomic mass is 9.88. The van der Waals surface area contributed by atoms with Gasteiger partial charge in [-0.05, 0) is 59.2 Å². The van der Waals surface area contributed by atoms with E-state index in [1.54, 1.807) is 0 Å². The molecular weight excluding hydrogens is 232 g/mol. The van der Waals surface area contributed by atoms with E-state index in [0.29, 0.717) is 5.54 Å². The molecule has 2 nitrogen and oxygen atoms in total. The number of aryl methyl sites for hydroxylation is 1. The van der Waals surface area contributed by atoms with Crippen molar-refractivity contribution in [3.63, 3.8) is 0 Å². The summed E-state index contributed by atoms with van der Waals surface area (Å²) >= 11 is 0. The second kappa shape index (κ2) is 6.06. The highest BCUT2D eigenvalue weighted by atomic mass is 15.1. The third kappa shape index (κ3) is 4.32. The number of hydrogen-bond donors (Lipinski definition) is 1. The molecule has 1 atom stereocenters. The first-order valence-corrected chi connectivity index (χ1v) is 7.47. The molecule has 19 heavy (non-hydrogen) atoms. The first-order chi connectivity index (χ1) is 8.96. The largest absolute Gasteiger partial charge is 0.312 e. The van der Waals surface area contributed by atoms with Gasteiger partial charge in [0.25, 0.3) is 0 Å². The van der Waals surface area contributed by atoms with Crippen molar-refractivity contribution in [1.82, 2.24) is 10.2 Å². The van der Waals surface area contributed by atoms with Crippen LogP contribution in [0.1, 0.15) is 37.8 Å². The molecule has 1 saturated heterocycles. The van der Waals surface area contributed by atoms with E-state index in [1.807, 2.05) is 0 Å². The lowest BCUT2D eigenvalue weighted by Gasteiger charge is -2.40. The maximum atomic E-state index is 3.60. The van der Waals surface area contributed by atoms with Gasteiger partial charge in [0.1, 0.15) is 0 Å². The van der Waals surface area contributed by atoms with Crippen molar-refractivity contribution < 1.29 is 0 Å². The van der Waals surface area contributed by atoms with Crippen LogP contribution in [-0.4, -0.2) is 36.6 Å². The Labute approximate surface area is 118 Å². The van der Waals surface area contributed by atoms with Crippen molar-refractivity contribution in [2.24, 2.45) is 0 Å². The van der Waals surface area contributed by atoms with E-state index in [0.717, 1.165) is 25.6 Å². The average Bonchev–Trinajstić information content (AvgIpc) is 2.36. The molecule has 1 aromatic carbocycles. The number of nitrogens with one attached hydrogen (secondary N) is 1. The highest BCUT2D eigenvalue weighted by molar-refractivity contribution is 5.21. The smallest absolute Gasteiger partial charge is 0.0140 e. The Morgan fingerprint density at radius 3 is 2.58 bits per heavy atom. The number of hydrogen-bond acceptors (Lipinski definition) is 2. The summed E-state index contributed by atoms with van der Waals surface area (Å²) in [6.45, 7) is 9.07. The SMILES string of the molecule is Cc1ccc(CCN(C)C2CCNC(C)(C)C2)cc1. The van der Waals surface area contributed by atoms with Crippen LogP contribution in [0.2, 0.25) is 0 Å². The Balaban J connectivity index is 1.83. The van der Waals surface area contributed by atoms with E-state index in [-0.39, 0.29) is 0 Å². The molecule has 1 aromatic rings. The summed E-state index contributed by atoms with van der Waals surface area (Å²) in [7, 11) is 2.28. The molecule has 1 aliphatic heterocycles. The Bertz CT molecular complexity index is 394. The molecule has 0 aliphatic carbocycles. The van der Waals surface area contributed by atoms with Gasteiger partial charge in [-0.1, -0.05) is 29.8 Å². The molecule has 1 N–H and O–H groups in total. The summed E-state index contributed by atoms with van der Waals surface area (Å²) in [6, 6.07) is 9.67. The van der Waals surface area contributed by atoms with Crippen molar-refractivity contribution in [2.45, 2.75) is 51.6 Å². The third-order valence-corrected chi connectivity index (χ3v) is 4.32. The van der Waals surface area contributed by atoms with Crippen LogP contribution in [0, 0.1) is 6.92 Å². The minimum atomic E-state index is 0.293. The standard InChI is InChI=1S/C17H28N2/c1-14-5-7-15(8-6-14)10-12-19(4)16-9-11-18-17(2,3)13-16/h5-8,16,18H,9-13H2,1-4H3. The maximum absolute atomic E-state index is 3.60. The molecule has 1 fully saturated rings. The number of rotatable bonds is 4. The second-order valence-electron chi connectivity index (χ2n) is 6.67. The Kier molecular flexibility index (Phi) is 4.64. The molecule has 2 heteroatoms. The van der Waals surface area contributed by atoms with Crippen molar-refractivity contribution in [2.75, 3.05) is 20.1 Å². The molecule has 0 saturated carbocycles. The van der Waals surface area contributed by atoms with Crippen LogP contribution in [0.4, 0.5) is 0 Å². The Morgan fingerprint density at radius 1 is 1.26 bits per heavy atom. The van der Waals surface area contributed by atoms with Gasteiger partial charge in [0.05, 0.1) is 0 Å². The van der Waals surface area contributed by atoms with Crippen LogP contribution in [0.25, 0.3) is 0 Å². The predicted molar refractivity (Wildman–Crippen MR) is 82.6 cm³/mol. The highest BCUT2D eigenvalue weighted by Crippen LogP contribution is 2.22. The summed E-state index contributed by atoms with van der Waals surface area (Å²) in [6.07, 6.45) is 3.67. The van der Waals surface area contributed by atoms with Gasteiger partial charge in [-0.15, -0.1) is 0 Å². The molecule has 1 aliphatic rings. The van der Waals surface area contributed by atoms with Gasteiger partial charge < -0.3 is 10.2 Å². The summed E-state index contributed by atoms with van der Waals surface area (Å²) in [5.74, 6) is 0. The normalized spacial score (nSPS) is 22.7. The zero-order chi connectivity index (χ0) is 13.9. The molecule has 0 spiro atoms. The minimum Gasteiger partial charge on any atom is -0.312 e. The first kappa shape index (κ1) is 14.5. The Morgan fingerprint density at radius 2 is 1.95 bits per heavy atom. The fraction of sp³-hybridized carbons (Fsp3) is 0.647. The lowest BCUT2D eigenvalue weighted by molar-refractivity contribution is 0.145. The molecule has 0 aromatic heterocycles. The quantitative estimate of drug-likeness (QED) is 0.895. The van der Waals surface area contributed by atoms with Crippen molar-refractivity contribution in [1.29, 1.82) is 0 Å². The van der Waals surface area contributed by atoms with Crippen LogP contribution in [0.15, 0.2) is 24.3 Å². The second-order valence-corrected chi connectivity index (χ2v) is 6.67. The minimum absolute atomic E-state index is 0.293. The fourth-order valence-electron chi connectivity index (χ4n) is 2.96. The van der Waals surface area contributed by atoms with Gasteiger partial charge in [-0.2, -0.15) is 0 Å². The number of benzene rings is 1. The molecule has 1 heterocycles. The fourth-order valence-corrected chi connectivity index (χ4v) is 2.96. The molecule has 106 valence electrons. The Hall–Kier alpha value is -0.860. The predicted octanol–water partition coefficient (Wildman–Crippen LogP) is 3.00. The van der Waals surface area contributed by atoms with E-state index in [2.05, 4.69) is 62.3 Å². The van der Waals surface area contributed by atoms with Gasteiger partial charge in [-0.3, -0.25) is 0 Å². The van der Waals surface area contributed by atoms with Gasteiger partial charge in [-0.25, -0.2) is 0 Å². The number of piperidine rings is 1. The zero-order valence-electron chi connectivity index (χ0n) is 12.9. The van der Waals surface area contributed by atoms with Gasteiger partial charge in [0.15, 0.2) is 0 Å². The summed E-state index contributed by atoms with van der Waals surface area (Å²) in [5, 5.41) is 3.60. The third-order valence-electron chi connectivity index (χ3n) is 4.32. The first-order valence-electron chi connectivity index (χ1n) is 7.47. The summed E-state index contributed by atoms with van der Waals surface area (Å²) < 4.78 is 0. The van der Waals surface area contributed by atoms with E-state index in [4.69, 9.17) is 0 Å². The van der Waals surface area contributed by atoms with Crippen molar-refractivity contribution in [3.8, 4) is 0 Å². The van der Waals surface area contributed by atoms with E-state index < -0.39 is 0 Å². The molecule has 0 amide bonds. The van der Waals surface area contributed by atoms with Crippen molar-refractivity contribution >= 4 is 0 Å². The molecule has 0 radical (unpaired) electrons. The molecule has 0 bridgehead atoms. The average molecular weight is 260 g/mol. The van der Waals surface area contributed by atoms with Crippen LogP contribution in [0.3, 0.4) is 0 Å². The van der Waals surface area contributed by atoms with Gasteiger partial charge in [0.2, 0.25) is 0 Å². The van der Waals surface area contributed by atoms with Crippen LogP contribution < -0.4 is 5.32 Å². The number of nitrogens with zero attached hydrogens (tertiary/aromatic N) is 1. The van der Waals surface area contributed by atoms with Gasteiger partial charge in [0, 0.05) is 18.1 Å². The van der Waals surface area contributed by atoms with Crippen molar-refractivity contribution in [3.05, 3.63) is 35.4 Å². The monoisotopic (exact) mass is 260 g/mol. The lowest BCUT2D eigenvalue weighted by Crippen LogP contribution is -2.52. The van der Waals surface area contributed by atoms with E-state index >= 15 is 0 Å². The van der Waals surface area contributed by atoms with Gasteiger partial charge >= 0.3 is 0 Å².